The van der Waals surface area contributed by atoms with Crippen molar-refractivity contribution in [3.05, 3.63) is 34.3 Å². The van der Waals surface area contributed by atoms with Crippen molar-refractivity contribution in [3.8, 4) is 0 Å². The summed E-state index contributed by atoms with van der Waals surface area (Å²) in [5.74, 6) is -0.396. The van der Waals surface area contributed by atoms with Crippen molar-refractivity contribution in [1.82, 2.24) is 19.7 Å². The van der Waals surface area contributed by atoms with Crippen LogP contribution in [0.1, 0.15) is 18.9 Å². The second-order valence-corrected chi connectivity index (χ2v) is 6.51. The predicted octanol–water partition coefficient (Wildman–Crippen LogP) is 0.938. The van der Waals surface area contributed by atoms with Crippen molar-refractivity contribution in [3.63, 3.8) is 0 Å². The van der Waals surface area contributed by atoms with Gasteiger partial charge in [0.2, 0.25) is 5.91 Å². The Morgan fingerprint density at radius 1 is 1.15 bits per heavy atom. The van der Waals surface area contributed by atoms with E-state index in [1.807, 2.05) is 13.0 Å². The summed E-state index contributed by atoms with van der Waals surface area (Å²) >= 11 is 0. The Kier molecular flexibility index (Phi) is 5.29. The zero-order valence-electron chi connectivity index (χ0n) is 15.2. The summed E-state index contributed by atoms with van der Waals surface area (Å²) in [6.07, 6.45) is 1.16. The standard InChI is InChI=1S/C18H24N4O4/c1-3-6-19-17(24)22-9-7-21(8-10-22)16(23)12-13-4-5-15-14(11-13)20(2)18(25)26-15/h4-5,11H,3,6-10,12H2,1-2H3,(H,19,24). The summed E-state index contributed by atoms with van der Waals surface area (Å²) in [5.41, 5.74) is 2.03. The van der Waals surface area contributed by atoms with Crippen LogP contribution in [0.4, 0.5) is 4.79 Å². The van der Waals surface area contributed by atoms with Crippen molar-refractivity contribution in [2.75, 3.05) is 32.7 Å². The first kappa shape index (κ1) is 18.0. The van der Waals surface area contributed by atoms with Crippen LogP contribution in [0, 0.1) is 0 Å². The molecule has 8 nitrogen and oxygen atoms in total. The molecule has 1 aromatic heterocycles. The summed E-state index contributed by atoms with van der Waals surface area (Å²) in [5, 5.41) is 2.86. The Morgan fingerprint density at radius 3 is 2.54 bits per heavy atom. The number of piperazine rings is 1. The van der Waals surface area contributed by atoms with Gasteiger partial charge in [0.15, 0.2) is 5.58 Å². The number of amides is 3. The Hall–Kier alpha value is -2.77. The van der Waals surface area contributed by atoms with Crippen molar-refractivity contribution in [2.45, 2.75) is 19.8 Å². The van der Waals surface area contributed by atoms with Crippen LogP contribution < -0.4 is 11.1 Å². The smallest absolute Gasteiger partial charge is 0.408 e. The normalized spacial score (nSPS) is 14.7. The second kappa shape index (κ2) is 7.63. The summed E-state index contributed by atoms with van der Waals surface area (Å²) in [7, 11) is 1.64. The lowest BCUT2D eigenvalue weighted by Gasteiger charge is -2.34. The van der Waals surface area contributed by atoms with Gasteiger partial charge in [-0.15, -0.1) is 0 Å². The minimum atomic E-state index is -0.416. The van der Waals surface area contributed by atoms with Crippen molar-refractivity contribution >= 4 is 23.0 Å². The number of hydrogen-bond donors (Lipinski definition) is 1. The molecule has 1 N–H and O–H groups in total. The monoisotopic (exact) mass is 360 g/mol. The highest BCUT2D eigenvalue weighted by Gasteiger charge is 2.24. The fraction of sp³-hybridized carbons (Fsp3) is 0.500. The third-order valence-corrected chi connectivity index (χ3v) is 4.66. The highest BCUT2D eigenvalue weighted by molar-refractivity contribution is 5.82. The van der Waals surface area contributed by atoms with Gasteiger partial charge in [0, 0.05) is 39.8 Å². The maximum Gasteiger partial charge on any atom is 0.419 e. The van der Waals surface area contributed by atoms with E-state index in [1.54, 1.807) is 29.0 Å². The van der Waals surface area contributed by atoms with Gasteiger partial charge < -0.3 is 19.5 Å². The molecule has 1 aromatic carbocycles. The molecule has 26 heavy (non-hydrogen) atoms. The molecule has 1 aliphatic rings. The predicted molar refractivity (Wildman–Crippen MR) is 97.0 cm³/mol. The van der Waals surface area contributed by atoms with Crippen LogP contribution in [-0.2, 0) is 18.3 Å². The molecule has 1 fully saturated rings. The molecule has 1 aliphatic heterocycles. The molecule has 3 amide bonds. The van der Waals surface area contributed by atoms with Crippen LogP contribution in [-0.4, -0.2) is 59.0 Å². The van der Waals surface area contributed by atoms with E-state index in [0.29, 0.717) is 43.8 Å². The van der Waals surface area contributed by atoms with Crippen molar-refractivity contribution in [1.29, 1.82) is 0 Å². The van der Waals surface area contributed by atoms with Crippen LogP contribution in [0.25, 0.3) is 11.1 Å². The van der Waals surface area contributed by atoms with Crippen LogP contribution in [0.15, 0.2) is 27.4 Å². The van der Waals surface area contributed by atoms with Gasteiger partial charge in [-0.2, -0.15) is 0 Å². The number of urea groups is 1. The van der Waals surface area contributed by atoms with Gasteiger partial charge in [-0.05, 0) is 24.1 Å². The number of aryl methyl sites for hydroxylation is 1. The second-order valence-electron chi connectivity index (χ2n) is 6.51. The molecule has 3 rings (SSSR count). The Labute approximate surface area is 151 Å². The molecule has 0 atom stereocenters. The highest BCUT2D eigenvalue weighted by Crippen LogP contribution is 2.15. The molecule has 0 spiro atoms. The molecule has 0 aliphatic carbocycles. The van der Waals surface area contributed by atoms with E-state index in [0.717, 1.165) is 12.0 Å². The Morgan fingerprint density at radius 2 is 1.85 bits per heavy atom. The lowest BCUT2D eigenvalue weighted by atomic mass is 10.1. The average Bonchev–Trinajstić information content (AvgIpc) is 2.94. The number of fused-ring (bicyclic) bond motifs is 1. The molecule has 0 saturated carbocycles. The van der Waals surface area contributed by atoms with Crippen molar-refractivity contribution < 1.29 is 14.0 Å². The molecule has 2 aromatic rings. The molecular formula is C18H24N4O4. The van der Waals surface area contributed by atoms with Gasteiger partial charge in [-0.3, -0.25) is 9.36 Å². The number of oxazole rings is 1. The lowest BCUT2D eigenvalue weighted by molar-refractivity contribution is -0.131. The number of benzene rings is 1. The van der Waals surface area contributed by atoms with E-state index in [9.17, 15) is 14.4 Å². The van der Waals surface area contributed by atoms with E-state index in [2.05, 4.69) is 5.32 Å². The van der Waals surface area contributed by atoms with E-state index in [1.165, 1.54) is 4.57 Å². The maximum atomic E-state index is 12.6. The Balaban J connectivity index is 1.58. The number of aromatic nitrogens is 1. The van der Waals surface area contributed by atoms with Crippen molar-refractivity contribution in [2.24, 2.45) is 7.05 Å². The number of carbonyl (C=O) groups is 2. The molecule has 0 bridgehead atoms. The largest absolute Gasteiger partial charge is 0.419 e. The molecule has 8 heteroatoms. The zero-order chi connectivity index (χ0) is 18.7. The van der Waals surface area contributed by atoms with Crippen LogP contribution >= 0.6 is 0 Å². The average molecular weight is 360 g/mol. The minimum Gasteiger partial charge on any atom is -0.408 e. The first-order valence-corrected chi connectivity index (χ1v) is 8.88. The Bertz CT molecular complexity index is 862. The quantitative estimate of drug-likeness (QED) is 0.879. The first-order chi connectivity index (χ1) is 12.5. The number of hydrogen-bond acceptors (Lipinski definition) is 4. The third-order valence-electron chi connectivity index (χ3n) is 4.66. The van der Waals surface area contributed by atoms with Gasteiger partial charge in [0.1, 0.15) is 0 Å². The zero-order valence-corrected chi connectivity index (χ0v) is 15.2. The van der Waals surface area contributed by atoms with Gasteiger partial charge in [0.05, 0.1) is 11.9 Å². The molecular weight excluding hydrogens is 336 g/mol. The van der Waals surface area contributed by atoms with Crippen LogP contribution in [0.5, 0.6) is 0 Å². The summed E-state index contributed by atoms with van der Waals surface area (Å²) in [4.78, 5) is 39.6. The third kappa shape index (κ3) is 3.74. The van der Waals surface area contributed by atoms with Crippen LogP contribution in [0.3, 0.4) is 0 Å². The van der Waals surface area contributed by atoms with Gasteiger partial charge in [0.25, 0.3) is 0 Å². The van der Waals surface area contributed by atoms with E-state index in [-0.39, 0.29) is 18.4 Å². The topological polar surface area (TPSA) is 87.8 Å². The van der Waals surface area contributed by atoms with Gasteiger partial charge in [-0.25, -0.2) is 9.59 Å². The SMILES string of the molecule is CCCNC(=O)N1CCN(C(=O)Cc2ccc3oc(=O)n(C)c3c2)CC1. The van der Waals surface area contributed by atoms with E-state index >= 15 is 0 Å². The molecule has 2 heterocycles. The minimum absolute atomic E-state index is 0.0199. The number of nitrogens with one attached hydrogen (secondary N) is 1. The fourth-order valence-electron chi connectivity index (χ4n) is 3.07. The number of nitrogens with zero attached hydrogens (tertiary/aromatic N) is 3. The lowest BCUT2D eigenvalue weighted by Crippen LogP contribution is -2.53. The maximum absolute atomic E-state index is 12.6. The first-order valence-electron chi connectivity index (χ1n) is 8.88. The highest BCUT2D eigenvalue weighted by atomic mass is 16.4. The molecule has 0 unspecified atom stereocenters. The molecule has 0 radical (unpaired) electrons. The fourth-order valence-corrected chi connectivity index (χ4v) is 3.07. The summed E-state index contributed by atoms with van der Waals surface area (Å²) < 4.78 is 6.53. The molecule has 140 valence electrons. The van der Waals surface area contributed by atoms with Gasteiger partial charge in [-0.1, -0.05) is 13.0 Å². The van der Waals surface area contributed by atoms with E-state index in [4.69, 9.17) is 4.42 Å². The summed E-state index contributed by atoms with van der Waals surface area (Å²) in [6, 6.07) is 5.27. The van der Waals surface area contributed by atoms with Gasteiger partial charge >= 0.3 is 11.8 Å². The summed E-state index contributed by atoms with van der Waals surface area (Å²) in [6.45, 7) is 4.81. The number of carbonyl (C=O) groups excluding carboxylic acids is 2. The van der Waals surface area contributed by atoms with Crippen LogP contribution in [0.2, 0.25) is 0 Å². The molecule has 1 saturated heterocycles. The number of rotatable bonds is 4. The van der Waals surface area contributed by atoms with E-state index < -0.39 is 5.76 Å².